The minimum absolute atomic E-state index is 0.0179. The molecule has 1 N–H and O–H groups in total. The van der Waals surface area contributed by atoms with Crippen molar-refractivity contribution in [2.45, 2.75) is 18.9 Å². The van der Waals surface area contributed by atoms with Gasteiger partial charge in [-0.15, -0.1) is 0 Å². The summed E-state index contributed by atoms with van der Waals surface area (Å²) in [6.07, 6.45) is 7.81. The third kappa shape index (κ3) is 3.95. The van der Waals surface area contributed by atoms with Gasteiger partial charge in [0.25, 0.3) is 0 Å². The van der Waals surface area contributed by atoms with Gasteiger partial charge in [0, 0.05) is 19.4 Å². The molecule has 2 rings (SSSR count). The van der Waals surface area contributed by atoms with E-state index in [0.29, 0.717) is 0 Å². The number of hydrogen-bond acceptors (Lipinski definition) is 4. The topological polar surface area (TPSA) is 46.2 Å². The van der Waals surface area contributed by atoms with Crippen molar-refractivity contribution in [1.82, 2.24) is 19.8 Å². The Bertz CT molecular complexity index is 490. The van der Waals surface area contributed by atoms with Crippen molar-refractivity contribution in [1.29, 1.82) is 0 Å². The lowest BCUT2D eigenvalue weighted by Gasteiger charge is -2.17. The van der Waals surface area contributed by atoms with Crippen LogP contribution in [0, 0.1) is 0 Å². The van der Waals surface area contributed by atoms with Gasteiger partial charge in [0.05, 0.1) is 6.26 Å². The van der Waals surface area contributed by atoms with Crippen LogP contribution >= 0.6 is 0 Å². The molecule has 0 saturated carbocycles. The third-order valence-corrected chi connectivity index (χ3v) is 3.32. The van der Waals surface area contributed by atoms with Crippen LogP contribution in [0.15, 0.2) is 35.2 Å². The third-order valence-electron chi connectivity index (χ3n) is 3.32. The molecule has 1 unspecified atom stereocenters. The van der Waals surface area contributed by atoms with E-state index in [0.717, 1.165) is 31.1 Å². The molecule has 0 saturated heterocycles. The summed E-state index contributed by atoms with van der Waals surface area (Å²) in [5.41, 5.74) is 0. The number of hydrogen-bond donors (Lipinski definition) is 1. The zero-order valence-electron chi connectivity index (χ0n) is 12.5. The lowest BCUT2D eigenvalue weighted by Crippen LogP contribution is -2.26. The summed E-state index contributed by atoms with van der Waals surface area (Å²) in [5, 5.41) is 3.54. The minimum Gasteiger partial charge on any atom is -0.467 e. The Hall–Kier alpha value is -1.59. The molecule has 20 heavy (non-hydrogen) atoms. The van der Waals surface area contributed by atoms with E-state index in [9.17, 15) is 0 Å². The fraction of sp³-hybridized carbons (Fsp3) is 0.533. The van der Waals surface area contributed by atoms with E-state index >= 15 is 0 Å². The van der Waals surface area contributed by atoms with Gasteiger partial charge in [0.15, 0.2) is 0 Å². The van der Waals surface area contributed by atoms with Crippen LogP contribution in [0.3, 0.4) is 0 Å². The zero-order valence-corrected chi connectivity index (χ0v) is 12.5. The Balaban J connectivity index is 1.93. The molecule has 0 aromatic carbocycles. The van der Waals surface area contributed by atoms with Crippen molar-refractivity contribution in [2.24, 2.45) is 7.05 Å². The highest BCUT2D eigenvalue weighted by Crippen LogP contribution is 2.20. The van der Waals surface area contributed by atoms with E-state index in [1.165, 1.54) is 6.42 Å². The van der Waals surface area contributed by atoms with Crippen molar-refractivity contribution < 1.29 is 4.42 Å². The van der Waals surface area contributed by atoms with E-state index in [2.05, 4.69) is 29.3 Å². The second kappa shape index (κ2) is 7.26. The Morgan fingerprint density at radius 3 is 2.85 bits per heavy atom. The quantitative estimate of drug-likeness (QED) is 0.749. The molecule has 0 aliphatic heterocycles. The smallest absolute Gasteiger partial charge is 0.133 e. The van der Waals surface area contributed by atoms with Gasteiger partial charge in [-0.05, 0) is 52.2 Å². The Kier molecular flexibility index (Phi) is 5.38. The highest BCUT2D eigenvalue weighted by Gasteiger charge is 2.19. The molecule has 2 aromatic heterocycles. The van der Waals surface area contributed by atoms with Gasteiger partial charge >= 0.3 is 0 Å². The van der Waals surface area contributed by atoms with Gasteiger partial charge in [-0.3, -0.25) is 0 Å². The number of aryl methyl sites for hydroxylation is 1. The van der Waals surface area contributed by atoms with Crippen LogP contribution in [-0.4, -0.2) is 41.6 Å². The van der Waals surface area contributed by atoms with Crippen LogP contribution < -0.4 is 5.32 Å². The molecule has 0 aliphatic rings. The second-order valence-electron chi connectivity index (χ2n) is 5.31. The number of nitrogens with one attached hydrogen (secondary N) is 1. The fourth-order valence-electron chi connectivity index (χ4n) is 2.23. The lowest BCUT2D eigenvalue weighted by atomic mass is 10.2. The highest BCUT2D eigenvalue weighted by molar-refractivity contribution is 5.15. The van der Waals surface area contributed by atoms with Gasteiger partial charge < -0.3 is 19.2 Å². The van der Waals surface area contributed by atoms with Crippen LogP contribution in [-0.2, 0) is 7.05 Å². The van der Waals surface area contributed by atoms with E-state index in [-0.39, 0.29) is 6.04 Å². The van der Waals surface area contributed by atoms with Crippen LogP contribution in [0.25, 0.3) is 0 Å². The fourth-order valence-corrected chi connectivity index (χ4v) is 2.23. The number of aromatic nitrogens is 2. The molecule has 5 nitrogen and oxygen atoms in total. The van der Waals surface area contributed by atoms with Crippen LogP contribution in [0.4, 0.5) is 0 Å². The van der Waals surface area contributed by atoms with Gasteiger partial charge in [-0.25, -0.2) is 4.98 Å². The van der Waals surface area contributed by atoms with E-state index < -0.39 is 0 Å². The molecule has 0 radical (unpaired) electrons. The van der Waals surface area contributed by atoms with Gasteiger partial charge in [-0.1, -0.05) is 0 Å². The second-order valence-corrected chi connectivity index (χ2v) is 5.31. The maximum Gasteiger partial charge on any atom is 0.133 e. The van der Waals surface area contributed by atoms with Crippen molar-refractivity contribution in [2.75, 3.05) is 27.2 Å². The first kappa shape index (κ1) is 14.8. The normalized spacial score (nSPS) is 13.0. The summed E-state index contributed by atoms with van der Waals surface area (Å²) >= 11 is 0. The van der Waals surface area contributed by atoms with Gasteiger partial charge in [0.1, 0.15) is 17.6 Å². The van der Waals surface area contributed by atoms with Crippen molar-refractivity contribution >= 4 is 0 Å². The molecule has 1 atom stereocenters. The van der Waals surface area contributed by atoms with E-state index in [1.807, 2.05) is 36.1 Å². The molecular weight excluding hydrogens is 252 g/mol. The van der Waals surface area contributed by atoms with E-state index in [4.69, 9.17) is 4.42 Å². The first-order chi connectivity index (χ1) is 9.68. The largest absolute Gasteiger partial charge is 0.467 e. The summed E-state index contributed by atoms with van der Waals surface area (Å²) < 4.78 is 7.57. The van der Waals surface area contributed by atoms with Gasteiger partial charge in [0.2, 0.25) is 0 Å². The molecule has 0 fully saturated rings. The molecule has 110 valence electrons. The SMILES string of the molecule is CN(C)CCCCNC(c1ccco1)c1nccn1C. The van der Waals surface area contributed by atoms with Crippen molar-refractivity contribution in [3.63, 3.8) is 0 Å². The molecular formula is C15H24N4O. The van der Waals surface area contributed by atoms with E-state index in [1.54, 1.807) is 6.26 Å². The minimum atomic E-state index is 0.0179. The van der Waals surface area contributed by atoms with Crippen LogP contribution in [0.5, 0.6) is 0 Å². The predicted octanol–water partition coefficient (Wildman–Crippen LogP) is 2.03. The Morgan fingerprint density at radius 2 is 2.25 bits per heavy atom. The first-order valence-electron chi connectivity index (χ1n) is 7.07. The number of furan rings is 1. The Labute approximate surface area is 120 Å². The Morgan fingerprint density at radius 1 is 1.40 bits per heavy atom. The average Bonchev–Trinajstić information content (AvgIpc) is 3.05. The molecule has 0 spiro atoms. The molecule has 0 amide bonds. The van der Waals surface area contributed by atoms with Crippen LogP contribution in [0.2, 0.25) is 0 Å². The lowest BCUT2D eigenvalue weighted by molar-refractivity contribution is 0.382. The van der Waals surface area contributed by atoms with Crippen molar-refractivity contribution in [3.8, 4) is 0 Å². The monoisotopic (exact) mass is 276 g/mol. The molecule has 0 bridgehead atoms. The predicted molar refractivity (Wildman–Crippen MR) is 79.5 cm³/mol. The number of imidazole rings is 1. The molecule has 0 aliphatic carbocycles. The standard InChI is InChI=1S/C15H24N4O/c1-18(2)10-5-4-8-16-14(13-7-6-12-20-13)15-17-9-11-19(15)3/h6-7,9,11-12,14,16H,4-5,8,10H2,1-3H3. The summed E-state index contributed by atoms with van der Waals surface area (Å²) in [7, 11) is 6.21. The average molecular weight is 276 g/mol. The summed E-state index contributed by atoms with van der Waals surface area (Å²) in [5.74, 6) is 1.89. The zero-order chi connectivity index (χ0) is 14.4. The molecule has 2 heterocycles. The summed E-state index contributed by atoms with van der Waals surface area (Å²) in [4.78, 5) is 6.64. The maximum absolute atomic E-state index is 5.55. The van der Waals surface area contributed by atoms with Crippen molar-refractivity contribution in [3.05, 3.63) is 42.4 Å². The first-order valence-corrected chi connectivity index (χ1v) is 7.07. The molecule has 2 aromatic rings. The summed E-state index contributed by atoms with van der Waals surface area (Å²) in [6, 6.07) is 3.93. The molecule has 5 heteroatoms. The number of nitrogens with zero attached hydrogens (tertiary/aromatic N) is 3. The maximum atomic E-state index is 5.55. The van der Waals surface area contributed by atoms with Gasteiger partial charge in [-0.2, -0.15) is 0 Å². The number of rotatable bonds is 8. The summed E-state index contributed by atoms with van der Waals surface area (Å²) in [6.45, 7) is 2.07. The van der Waals surface area contributed by atoms with Crippen LogP contribution in [0.1, 0.15) is 30.5 Å². The number of unbranched alkanes of at least 4 members (excludes halogenated alkanes) is 1. The highest BCUT2D eigenvalue weighted by atomic mass is 16.3.